The third-order valence-corrected chi connectivity index (χ3v) is 3.60. The molecule has 4 nitrogen and oxygen atoms in total. The molecule has 0 bridgehead atoms. The SMILES string of the molecule is [2H]C([2H])(C#C)N(C1c2ccccc2CC1F)S(=O)(=O)[O-].[Rb+]. The molecule has 0 saturated carbocycles. The van der Waals surface area contributed by atoms with Crippen LogP contribution in [0.4, 0.5) is 4.39 Å². The van der Waals surface area contributed by atoms with Crippen LogP contribution in [0.1, 0.15) is 19.9 Å². The second-order valence-electron chi connectivity index (χ2n) is 3.87. The van der Waals surface area contributed by atoms with Crippen LogP contribution in [0, 0.1) is 12.3 Å². The van der Waals surface area contributed by atoms with Crippen molar-refractivity contribution in [1.29, 1.82) is 0 Å². The molecular formula is C12H11FNO3RbS. The Hall–Kier alpha value is 0.385. The second kappa shape index (κ2) is 6.90. The van der Waals surface area contributed by atoms with Gasteiger partial charge in [0, 0.05) is 6.42 Å². The fraction of sp³-hybridized carbons (Fsp3) is 0.333. The molecule has 7 heteroatoms. The average molecular weight is 356 g/mol. The van der Waals surface area contributed by atoms with Gasteiger partial charge in [-0.15, -0.1) is 6.42 Å². The number of rotatable bonds is 3. The Morgan fingerprint density at radius 2 is 2.21 bits per heavy atom. The van der Waals surface area contributed by atoms with Gasteiger partial charge in [-0.25, -0.2) is 12.8 Å². The molecule has 0 saturated heterocycles. The van der Waals surface area contributed by atoms with E-state index in [1.54, 1.807) is 24.1 Å². The van der Waals surface area contributed by atoms with Crippen molar-refractivity contribution >= 4 is 10.3 Å². The topological polar surface area (TPSA) is 60.4 Å². The van der Waals surface area contributed by atoms with Gasteiger partial charge in [-0.1, -0.05) is 30.2 Å². The maximum absolute atomic E-state index is 14.1. The molecule has 0 heterocycles. The first-order valence-corrected chi connectivity index (χ1v) is 6.50. The summed E-state index contributed by atoms with van der Waals surface area (Å²) in [6, 6.07) is 4.73. The number of hydrogen-bond donors (Lipinski definition) is 0. The first-order valence-electron chi connectivity index (χ1n) is 6.13. The largest absolute Gasteiger partial charge is 1.00 e. The Labute approximate surface area is 163 Å². The molecule has 0 fully saturated rings. The standard InChI is InChI=1S/C12H12FNO3S.Rb/c1-2-7-14(18(15,16)17)12-10-6-4-3-5-9(10)8-11(12)13;/h1,3-6,11-12H,7-8H2,(H,15,16,17);/q;+1/p-1/i7D2;. The van der Waals surface area contributed by atoms with Crippen molar-refractivity contribution in [1.82, 2.24) is 4.31 Å². The number of alkyl halides is 1. The summed E-state index contributed by atoms with van der Waals surface area (Å²) in [5, 5.41) is 0. The number of terminal acetylenes is 1. The molecule has 0 spiro atoms. The molecule has 1 aromatic rings. The minimum absolute atomic E-state index is 0. The molecule has 1 aliphatic rings. The van der Waals surface area contributed by atoms with Gasteiger partial charge in [0.2, 0.25) is 0 Å². The Bertz CT molecular complexity index is 677. The van der Waals surface area contributed by atoms with Gasteiger partial charge in [-0.3, -0.25) is 0 Å². The molecule has 2 unspecified atom stereocenters. The van der Waals surface area contributed by atoms with E-state index >= 15 is 0 Å². The zero-order chi connectivity index (χ0) is 15.1. The smallest absolute Gasteiger partial charge is 0.735 e. The van der Waals surface area contributed by atoms with E-state index in [0.29, 0.717) is 5.56 Å². The molecule has 2 rings (SSSR count). The van der Waals surface area contributed by atoms with Gasteiger partial charge < -0.3 is 4.55 Å². The van der Waals surface area contributed by atoms with Crippen LogP contribution in [0.25, 0.3) is 0 Å². The average Bonchev–Trinajstić information content (AvgIpc) is 2.65. The van der Waals surface area contributed by atoms with E-state index in [4.69, 9.17) is 9.16 Å². The fourth-order valence-corrected chi connectivity index (χ4v) is 2.81. The molecule has 0 radical (unpaired) electrons. The normalized spacial score (nSPS) is 23.9. The summed E-state index contributed by atoms with van der Waals surface area (Å²) in [6.45, 7) is -2.90. The van der Waals surface area contributed by atoms with Crippen LogP contribution in [-0.2, 0) is 16.7 Å². The quantitative estimate of drug-likeness (QED) is 0.466. The van der Waals surface area contributed by atoms with E-state index in [-0.39, 0.29) is 74.5 Å². The number of nitrogens with zero attached hydrogens (tertiary/aromatic N) is 1. The molecule has 1 aliphatic carbocycles. The first-order chi connectivity index (χ1) is 9.18. The van der Waals surface area contributed by atoms with Crippen molar-refractivity contribution in [3.8, 4) is 12.3 Å². The summed E-state index contributed by atoms with van der Waals surface area (Å²) in [5.74, 6) is 1.59. The zero-order valence-electron chi connectivity index (χ0n) is 12.2. The van der Waals surface area contributed by atoms with E-state index in [1.165, 1.54) is 6.07 Å². The summed E-state index contributed by atoms with van der Waals surface area (Å²) in [7, 11) is -5.27. The van der Waals surface area contributed by atoms with Crippen LogP contribution in [0.3, 0.4) is 0 Å². The number of halogens is 1. The molecule has 0 N–H and O–H groups in total. The molecule has 0 aliphatic heterocycles. The maximum Gasteiger partial charge on any atom is 1.00 e. The van der Waals surface area contributed by atoms with Crippen LogP contribution in [0.2, 0.25) is 0 Å². The Morgan fingerprint density at radius 3 is 2.79 bits per heavy atom. The number of hydrogen-bond acceptors (Lipinski definition) is 3. The van der Waals surface area contributed by atoms with E-state index in [0.717, 1.165) is 0 Å². The van der Waals surface area contributed by atoms with E-state index in [9.17, 15) is 17.4 Å². The van der Waals surface area contributed by atoms with Gasteiger partial charge >= 0.3 is 58.2 Å². The van der Waals surface area contributed by atoms with Crippen LogP contribution in [0.15, 0.2) is 24.3 Å². The van der Waals surface area contributed by atoms with Crippen molar-refractivity contribution < 1.29 is 78.3 Å². The predicted octanol–water partition coefficient (Wildman–Crippen LogP) is -1.98. The van der Waals surface area contributed by atoms with Crippen LogP contribution in [-0.4, -0.2) is 29.9 Å². The van der Waals surface area contributed by atoms with Crippen molar-refractivity contribution in [3.05, 3.63) is 35.4 Å². The van der Waals surface area contributed by atoms with E-state index in [1.807, 2.05) is 0 Å². The maximum atomic E-state index is 14.1. The summed E-state index contributed by atoms with van der Waals surface area (Å²) >= 11 is 0. The Balaban J connectivity index is 0.00000220. The summed E-state index contributed by atoms with van der Waals surface area (Å²) in [5.41, 5.74) is 0.796. The Kier molecular flexibility index (Phi) is 5.20. The zero-order valence-corrected chi connectivity index (χ0v) is 15.9. The van der Waals surface area contributed by atoms with Gasteiger partial charge in [0.05, 0.1) is 15.3 Å². The van der Waals surface area contributed by atoms with Crippen molar-refractivity contribution in [2.24, 2.45) is 0 Å². The summed E-state index contributed by atoms with van der Waals surface area (Å²) in [6.07, 6.45) is 3.13. The molecule has 2 atom stereocenters. The van der Waals surface area contributed by atoms with Gasteiger partial charge in [-0.05, 0) is 11.1 Å². The monoisotopic (exact) mass is 355 g/mol. The molecular weight excluding hydrogens is 343 g/mol. The minimum atomic E-state index is -5.27. The molecule has 96 valence electrons. The van der Waals surface area contributed by atoms with Crippen molar-refractivity contribution in [2.45, 2.75) is 18.6 Å². The molecule has 1 aromatic carbocycles. The van der Waals surface area contributed by atoms with Crippen LogP contribution >= 0.6 is 0 Å². The van der Waals surface area contributed by atoms with Crippen LogP contribution < -0.4 is 58.2 Å². The second-order valence-corrected chi connectivity index (χ2v) is 5.12. The van der Waals surface area contributed by atoms with Gasteiger partial charge in [0.25, 0.3) is 0 Å². The molecule has 0 aromatic heterocycles. The summed E-state index contributed by atoms with van der Waals surface area (Å²) in [4.78, 5) is 0. The van der Waals surface area contributed by atoms with Crippen molar-refractivity contribution in [3.63, 3.8) is 0 Å². The van der Waals surface area contributed by atoms with E-state index < -0.39 is 29.0 Å². The predicted molar refractivity (Wildman–Crippen MR) is 63.0 cm³/mol. The molecule has 19 heavy (non-hydrogen) atoms. The number of benzene rings is 1. The van der Waals surface area contributed by atoms with E-state index in [2.05, 4.69) is 0 Å². The van der Waals surface area contributed by atoms with Gasteiger partial charge in [-0.2, -0.15) is 4.31 Å². The van der Waals surface area contributed by atoms with Crippen molar-refractivity contribution in [2.75, 3.05) is 6.50 Å². The minimum Gasteiger partial charge on any atom is -0.735 e. The van der Waals surface area contributed by atoms with Gasteiger partial charge in [0.15, 0.2) is 10.3 Å². The third-order valence-electron chi connectivity index (χ3n) is 2.80. The first kappa shape index (κ1) is 14.3. The van der Waals surface area contributed by atoms with Crippen LogP contribution in [0.5, 0.6) is 0 Å². The summed E-state index contributed by atoms with van der Waals surface area (Å²) < 4.78 is 63.1. The third kappa shape index (κ3) is 3.73. The molecule has 0 amide bonds. The van der Waals surface area contributed by atoms with Gasteiger partial charge in [0.1, 0.15) is 6.17 Å². The fourth-order valence-electron chi connectivity index (χ4n) is 2.13. The Morgan fingerprint density at radius 1 is 1.58 bits per heavy atom. The number of fused-ring (bicyclic) bond motifs is 1.